The lowest BCUT2D eigenvalue weighted by molar-refractivity contribution is 0.371. The monoisotopic (exact) mass is 316 g/mol. The van der Waals surface area contributed by atoms with Crippen LogP contribution in [-0.2, 0) is 10.7 Å². The first kappa shape index (κ1) is 12.6. The third kappa shape index (κ3) is 3.07. The van der Waals surface area contributed by atoms with Crippen LogP contribution in [0.25, 0.3) is 10.8 Å². The van der Waals surface area contributed by atoms with Gasteiger partial charge in [0.25, 0.3) is 0 Å². The van der Waals surface area contributed by atoms with Crippen molar-refractivity contribution in [3.63, 3.8) is 0 Å². The van der Waals surface area contributed by atoms with Gasteiger partial charge in [-0.15, -0.1) is 0 Å². The maximum absolute atomic E-state index is 10.9. The van der Waals surface area contributed by atoms with Crippen LogP contribution in [0.1, 0.15) is 5.56 Å². The van der Waals surface area contributed by atoms with Gasteiger partial charge < -0.3 is 14.9 Å². The lowest BCUT2D eigenvalue weighted by atomic mass is 10.1. The highest BCUT2D eigenvalue weighted by atomic mass is 79.9. The molecule has 3 N–H and O–H groups in total. The number of phenolic OH excluding ortho intramolecular Hbond substituents is 1. The summed E-state index contributed by atoms with van der Waals surface area (Å²) in [6.07, 6.45) is -0.372. The fraction of sp³-hybridized carbons (Fsp3) is 0.0909. The Bertz CT molecular complexity index is 620. The Balaban J connectivity index is 2.57. The van der Waals surface area contributed by atoms with Crippen molar-refractivity contribution in [1.82, 2.24) is 0 Å². The number of fused-ring (bicyclic) bond motifs is 1. The molecule has 0 unspecified atom stereocenters. The first-order valence-electron chi connectivity index (χ1n) is 4.81. The first-order chi connectivity index (χ1) is 7.85. The molecule has 2 aromatic carbocycles. The molecule has 0 aliphatic carbocycles. The Morgan fingerprint density at radius 2 is 1.88 bits per heavy atom. The number of aromatic hydroxyl groups is 1. The van der Waals surface area contributed by atoms with E-state index in [1.54, 1.807) is 24.3 Å². The van der Waals surface area contributed by atoms with Gasteiger partial charge in [-0.1, -0.05) is 22.0 Å². The van der Waals surface area contributed by atoms with Gasteiger partial charge >= 0.3 is 7.60 Å². The minimum absolute atomic E-state index is 0.0263. The van der Waals surface area contributed by atoms with E-state index in [-0.39, 0.29) is 11.9 Å². The second-order valence-electron chi connectivity index (χ2n) is 3.80. The smallest absolute Gasteiger partial charge is 0.329 e. The van der Waals surface area contributed by atoms with E-state index >= 15 is 0 Å². The van der Waals surface area contributed by atoms with E-state index < -0.39 is 7.60 Å². The van der Waals surface area contributed by atoms with Crippen LogP contribution in [0.15, 0.2) is 34.8 Å². The zero-order valence-electron chi connectivity index (χ0n) is 8.67. The van der Waals surface area contributed by atoms with E-state index in [9.17, 15) is 9.67 Å². The summed E-state index contributed by atoms with van der Waals surface area (Å²) in [7, 11) is -4.12. The summed E-state index contributed by atoms with van der Waals surface area (Å²) >= 11 is 3.31. The highest BCUT2D eigenvalue weighted by Crippen LogP contribution is 2.41. The minimum Gasteiger partial charge on any atom is -0.507 e. The Kier molecular flexibility index (Phi) is 3.27. The maximum atomic E-state index is 10.9. The van der Waals surface area contributed by atoms with Gasteiger partial charge in [-0.3, -0.25) is 4.57 Å². The molecule has 0 saturated carbocycles. The van der Waals surface area contributed by atoms with Crippen molar-refractivity contribution in [2.24, 2.45) is 0 Å². The molecule has 90 valence electrons. The molecule has 0 saturated heterocycles. The predicted molar refractivity (Wildman–Crippen MR) is 69.1 cm³/mol. The van der Waals surface area contributed by atoms with Gasteiger partial charge in [0.05, 0.1) is 6.16 Å². The number of rotatable bonds is 2. The Hall–Kier alpha value is -0.870. The number of phenols is 1. The minimum atomic E-state index is -4.12. The Morgan fingerprint density at radius 1 is 1.18 bits per heavy atom. The molecule has 0 amide bonds. The molecule has 2 aromatic rings. The molecule has 0 aliphatic heterocycles. The van der Waals surface area contributed by atoms with Crippen molar-refractivity contribution in [3.05, 3.63) is 40.4 Å². The van der Waals surface area contributed by atoms with Crippen LogP contribution < -0.4 is 0 Å². The van der Waals surface area contributed by atoms with Gasteiger partial charge in [0.15, 0.2) is 0 Å². The summed E-state index contributed by atoms with van der Waals surface area (Å²) in [4.78, 5) is 17.8. The molecule has 0 radical (unpaired) electrons. The third-order valence-electron chi connectivity index (χ3n) is 2.34. The number of hydrogen-bond donors (Lipinski definition) is 3. The van der Waals surface area contributed by atoms with Crippen LogP contribution in [0.3, 0.4) is 0 Å². The van der Waals surface area contributed by atoms with Crippen LogP contribution in [-0.4, -0.2) is 14.9 Å². The van der Waals surface area contributed by atoms with Crippen molar-refractivity contribution in [3.8, 4) is 5.75 Å². The van der Waals surface area contributed by atoms with Crippen molar-refractivity contribution in [2.75, 3.05) is 0 Å². The first-order valence-corrected chi connectivity index (χ1v) is 7.40. The Labute approximate surface area is 106 Å². The fourth-order valence-corrected chi connectivity index (χ4v) is 2.75. The van der Waals surface area contributed by atoms with Crippen molar-refractivity contribution < 1.29 is 19.5 Å². The van der Waals surface area contributed by atoms with Gasteiger partial charge in [0.2, 0.25) is 0 Å². The molecular weight excluding hydrogens is 307 g/mol. The summed E-state index contributed by atoms with van der Waals surface area (Å²) in [6.45, 7) is 0. The average molecular weight is 317 g/mol. The SMILES string of the molecule is O=P(O)(O)Cc1cc(O)c2ccc(Br)cc2c1. The average Bonchev–Trinajstić information content (AvgIpc) is 2.13. The summed E-state index contributed by atoms with van der Waals surface area (Å²) < 4.78 is 11.8. The number of hydrogen-bond acceptors (Lipinski definition) is 2. The predicted octanol–water partition coefficient (Wildman–Crippen LogP) is 2.99. The lowest BCUT2D eigenvalue weighted by Crippen LogP contribution is -1.87. The van der Waals surface area contributed by atoms with Crippen molar-refractivity contribution >= 4 is 34.3 Å². The molecule has 6 heteroatoms. The van der Waals surface area contributed by atoms with E-state index in [0.29, 0.717) is 10.9 Å². The van der Waals surface area contributed by atoms with Gasteiger partial charge in [-0.2, -0.15) is 0 Å². The van der Waals surface area contributed by atoms with Crippen LogP contribution in [0.2, 0.25) is 0 Å². The van der Waals surface area contributed by atoms with Crippen molar-refractivity contribution in [1.29, 1.82) is 0 Å². The van der Waals surface area contributed by atoms with Crippen molar-refractivity contribution in [2.45, 2.75) is 6.16 Å². The van der Waals surface area contributed by atoms with Crippen LogP contribution in [0.4, 0.5) is 0 Å². The molecule has 4 nitrogen and oxygen atoms in total. The second-order valence-corrected chi connectivity index (χ2v) is 6.36. The summed E-state index contributed by atoms with van der Waals surface area (Å²) in [6, 6.07) is 8.38. The van der Waals surface area contributed by atoms with Gasteiger partial charge in [-0.05, 0) is 35.2 Å². The normalized spacial score (nSPS) is 11.9. The zero-order chi connectivity index (χ0) is 12.6. The summed E-state index contributed by atoms with van der Waals surface area (Å²) in [5.74, 6) is 0.0263. The fourth-order valence-electron chi connectivity index (χ4n) is 1.71. The van der Waals surface area contributed by atoms with E-state index in [0.717, 1.165) is 9.86 Å². The highest BCUT2D eigenvalue weighted by molar-refractivity contribution is 9.10. The van der Waals surface area contributed by atoms with Gasteiger partial charge in [-0.25, -0.2) is 0 Å². The molecule has 0 bridgehead atoms. The molecule has 0 spiro atoms. The standard InChI is InChI=1S/C11H10BrO4P/c12-9-1-2-10-8(5-9)3-7(4-11(10)13)6-17(14,15)16/h1-5,13H,6H2,(H2,14,15,16). The van der Waals surface area contributed by atoms with E-state index in [1.807, 2.05) is 0 Å². The molecule has 0 atom stereocenters. The second kappa shape index (κ2) is 4.42. The van der Waals surface area contributed by atoms with E-state index in [2.05, 4.69) is 15.9 Å². The molecule has 0 heterocycles. The van der Waals surface area contributed by atoms with Gasteiger partial charge in [0, 0.05) is 9.86 Å². The lowest BCUT2D eigenvalue weighted by Gasteiger charge is -2.08. The van der Waals surface area contributed by atoms with Crippen LogP contribution >= 0.6 is 23.5 Å². The molecule has 2 rings (SSSR count). The van der Waals surface area contributed by atoms with Crippen LogP contribution in [0, 0.1) is 0 Å². The van der Waals surface area contributed by atoms with E-state index in [4.69, 9.17) is 9.79 Å². The quantitative estimate of drug-likeness (QED) is 0.744. The van der Waals surface area contributed by atoms with E-state index in [1.165, 1.54) is 6.07 Å². The molecular formula is C11H10BrO4P. The van der Waals surface area contributed by atoms with Gasteiger partial charge in [0.1, 0.15) is 5.75 Å². The number of benzene rings is 2. The summed E-state index contributed by atoms with van der Waals surface area (Å²) in [5.41, 5.74) is 0.418. The van der Waals surface area contributed by atoms with Crippen LogP contribution in [0.5, 0.6) is 5.75 Å². The molecule has 0 aromatic heterocycles. The summed E-state index contributed by atoms with van der Waals surface area (Å²) in [5, 5.41) is 11.2. The third-order valence-corrected chi connectivity index (χ3v) is 3.61. The Morgan fingerprint density at radius 3 is 2.53 bits per heavy atom. The zero-order valence-corrected chi connectivity index (χ0v) is 11.1. The number of halogens is 1. The molecule has 17 heavy (non-hydrogen) atoms. The highest BCUT2D eigenvalue weighted by Gasteiger charge is 2.15. The molecule has 0 fully saturated rings. The molecule has 0 aliphatic rings. The largest absolute Gasteiger partial charge is 0.507 e. The topological polar surface area (TPSA) is 77.8 Å². The maximum Gasteiger partial charge on any atom is 0.329 e.